The Morgan fingerprint density at radius 3 is 2.23 bits per heavy atom. The summed E-state index contributed by atoms with van der Waals surface area (Å²) in [5.41, 5.74) is 5.90. The number of hydrogen-bond donors (Lipinski definition) is 1. The lowest BCUT2D eigenvalue weighted by molar-refractivity contribution is -0.148. The van der Waals surface area contributed by atoms with Crippen molar-refractivity contribution in [2.45, 2.75) is 26.1 Å². The molecular weight excluding hydrogens is 199 g/mol. The Kier molecular flexibility index (Phi) is 2.68. The minimum atomic E-state index is -4.34. The number of hydrogen-bond acceptors (Lipinski definition) is 2. The third-order valence-electron chi connectivity index (χ3n) is 1.84. The molecule has 1 nitrogen and oxygen atoms in total. The van der Waals surface area contributed by atoms with Gasteiger partial charge in [-0.1, -0.05) is 0 Å². The highest BCUT2D eigenvalue weighted by atomic mass is 32.1. The van der Waals surface area contributed by atoms with Crippen LogP contribution >= 0.6 is 11.3 Å². The zero-order valence-electron chi connectivity index (χ0n) is 7.27. The quantitative estimate of drug-likeness (QED) is 0.756. The molecule has 0 saturated heterocycles. The molecule has 0 radical (unpaired) electrons. The summed E-state index contributed by atoms with van der Waals surface area (Å²) < 4.78 is 36.5. The molecule has 1 aromatic rings. The van der Waals surface area contributed by atoms with Crippen molar-refractivity contribution in [2.24, 2.45) is 5.73 Å². The van der Waals surface area contributed by atoms with E-state index in [9.17, 15) is 13.2 Å². The Labute approximate surface area is 78.4 Å². The van der Waals surface area contributed by atoms with Gasteiger partial charge in [0.2, 0.25) is 0 Å². The van der Waals surface area contributed by atoms with Crippen molar-refractivity contribution < 1.29 is 13.2 Å². The van der Waals surface area contributed by atoms with Crippen LogP contribution in [0.1, 0.15) is 21.4 Å². The van der Waals surface area contributed by atoms with Crippen molar-refractivity contribution >= 4 is 11.3 Å². The van der Waals surface area contributed by atoms with Gasteiger partial charge in [-0.15, -0.1) is 11.3 Å². The van der Waals surface area contributed by atoms with Crippen molar-refractivity contribution in [1.29, 1.82) is 0 Å². The summed E-state index contributed by atoms with van der Waals surface area (Å²) in [7, 11) is 0. The van der Waals surface area contributed by atoms with Crippen LogP contribution in [0.2, 0.25) is 0 Å². The third-order valence-corrected chi connectivity index (χ3v) is 3.08. The first-order valence-corrected chi connectivity index (χ1v) is 4.53. The van der Waals surface area contributed by atoms with Gasteiger partial charge in [0.25, 0.3) is 0 Å². The molecule has 1 rings (SSSR count). The summed E-state index contributed by atoms with van der Waals surface area (Å²) in [6.45, 7) is 3.56. The van der Waals surface area contributed by atoms with Gasteiger partial charge < -0.3 is 5.73 Å². The van der Waals surface area contributed by atoms with Crippen LogP contribution in [0.4, 0.5) is 13.2 Å². The van der Waals surface area contributed by atoms with E-state index in [1.165, 1.54) is 6.07 Å². The molecule has 0 saturated carbocycles. The Morgan fingerprint density at radius 2 is 1.92 bits per heavy atom. The zero-order valence-corrected chi connectivity index (χ0v) is 8.09. The van der Waals surface area contributed by atoms with Gasteiger partial charge in [0.1, 0.15) is 6.04 Å². The fourth-order valence-electron chi connectivity index (χ4n) is 0.916. The molecular formula is C8H10F3NS. The van der Waals surface area contributed by atoms with Crippen LogP contribution in [0.15, 0.2) is 6.07 Å². The molecule has 0 aliphatic carbocycles. The van der Waals surface area contributed by atoms with E-state index in [0.29, 0.717) is 0 Å². The summed E-state index contributed by atoms with van der Waals surface area (Å²) in [4.78, 5) is 1.07. The van der Waals surface area contributed by atoms with Gasteiger partial charge in [0.05, 0.1) is 0 Å². The van der Waals surface area contributed by atoms with Crippen molar-refractivity contribution in [1.82, 2.24) is 0 Å². The van der Waals surface area contributed by atoms with Gasteiger partial charge in [0.15, 0.2) is 0 Å². The minimum Gasteiger partial charge on any atom is -0.316 e. The molecule has 0 aromatic carbocycles. The van der Waals surface area contributed by atoms with Crippen LogP contribution in [0.5, 0.6) is 0 Å². The maximum absolute atomic E-state index is 12.2. The van der Waals surface area contributed by atoms with E-state index < -0.39 is 12.2 Å². The average Bonchev–Trinajstić information content (AvgIpc) is 2.29. The number of rotatable bonds is 1. The Balaban J connectivity index is 2.96. The third kappa shape index (κ3) is 2.22. The van der Waals surface area contributed by atoms with Gasteiger partial charge in [-0.05, 0) is 25.5 Å². The summed E-state index contributed by atoms with van der Waals surface area (Å²) in [5.74, 6) is 0. The van der Waals surface area contributed by atoms with Crippen molar-refractivity contribution in [3.63, 3.8) is 0 Å². The molecule has 13 heavy (non-hydrogen) atoms. The normalized spacial score (nSPS) is 14.6. The number of nitrogens with two attached hydrogens (primary N) is 1. The Morgan fingerprint density at radius 1 is 1.38 bits per heavy atom. The van der Waals surface area contributed by atoms with Crippen LogP contribution < -0.4 is 5.73 Å². The van der Waals surface area contributed by atoms with Crippen molar-refractivity contribution in [3.05, 3.63) is 21.4 Å². The predicted octanol–water partition coefficient (Wildman–Crippen LogP) is 2.93. The molecule has 5 heteroatoms. The van der Waals surface area contributed by atoms with E-state index in [0.717, 1.165) is 21.8 Å². The van der Waals surface area contributed by atoms with Gasteiger partial charge in [-0.2, -0.15) is 13.2 Å². The minimum absolute atomic E-state index is 0.183. The molecule has 2 N–H and O–H groups in total. The van der Waals surface area contributed by atoms with E-state index in [-0.39, 0.29) is 4.88 Å². The van der Waals surface area contributed by atoms with Crippen LogP contribution in [0.3, 0.4) is 0 Å². The van der Waals surface area contributed by atoms with Crippen LogP contribution in [-0.4, -0.2) is 6.18 Å². The lowest BCUT2D eigenvalue weighted by Crippen LogP contribution is -2.27. The van der Waals surface area contributed by atoms with Crippen LogP contribution in [0, 0.1) is 13.8 Å². The maximum atomic E-state index is 12.2. The smallest absolute Gasteiger partial charge is 0.316 e. The monoisotopic (exact) mass is 209 g/mol. The highest BCUT2D eigenvalue weighted by molar-refractivity contribution is 7.12. The molecule has 0 amide bonds. The second kappa shape index (κ2) is 3.31. The first kappa shape index (κ1) is 10.5. The first-order chi connectivity index (χ1) is 5.82. The molecule has 1 unspecified atom stereocenters. The van der Waals surface area contributed by atoms with E-state index in [2.05, 4.69) is 0 Å². The number of aryl methyl sites for hydroxylation is 2. The highest BCUT2D eigenvalue weighted by Crippen LogP contribution is 2.35. The SMILES string of the molecule is Cc1cc(C(N)C(F)(F)F)sc1C. The number of thiophene rings is 1. The molecule has 0 aliphatic heterocycles. The van der Waals surface area contributed by atoms with Crippen molar-refractivity contribution in [2.75, 3.05) is 0 Å². The van der Waals surface area contributed by atoms with Crippen LogP contribution in [-0.2, 0) is 0 Å². The van der Waals surface area contributed by atoms with E-state index in [1.54, 1.807) is 13.8 Å². The molecule has 1 aromatic heterocycles. The van der Waals surface area contributed by atoms with Crippen molar-refractivity contribution in [3.8, 4) is 0 Å². The van der Waals surface area contributed by atoms with Gasteiger partial charge in [-0.25, -0.2) is 0 Å². The first-order valence-electron chi connectivity index (χ1n) is 3.71. The van der Waals surface area contributed by atoms with Crippen LogP contribution in [0.25, 0.3) is 0 Å². The van der Waals surface area contributed by atoms with E-state index in [4.69, 9.17) is 5.73 Å². The molecule has 1 heterocycles. The second-order valence-electron chi connectivity index (χ2n) is 2.91. The van der Waals surface area contributed by atoms with Gasteiger partial charge >= 0.3 is 6.18 Å². The largest absolute Gasteiger partial charge is 0.408 e. The number of halogens is 3. The number of alkyl halides is 3. The molecule has 0 fully saturated rings. The Hall–Kier alpha value is -0.550. The zero-order chi connectivity index (χ0) is 10.2. The topological polar surface area (TPSA) is 26.0 Å². The standard InChI is InChI=1S/C8H10F3NS/c1-4-3-6(13-5(4)2)7(12)8(9,10)11/h3,7H,12H2,1-2H3. The molecule has 0 spiro atoms. The highest BCUT2D eigenvalue weighted by Gasteiger charge is 2.38. The maximum Gasteiger partial charge on any atom is 0.408 e. The Bertz CT molecular complexity index is 283. The summed E-state index contributed by atoms with van der Waals surface area (Å²) in [6.07, 6.45) is -4.34. The molecule has 0 bridgehead atoms. The van der Waals surface area contributed by atoms with Gasteiger partial charge in [-0.3, -0.25) is 0 Å². The summed E-state index contributed by atoms with van der Waals surface area (Å²) >= 11 is 1.10. The average molecular weight is 209 g/mol. The van der Waals surface area contributed by atoms with E-state index in [1.807, 2.05) is 0 Å². The van der Waals surface area contributed by atoms with Gasteiger partial charge in [0, 0.05) is 9.75 Å². The molecule has 1 atom stereocenters. The molecule has 0 aliphatic rings. The second-order valence-corrected chi connectivity index (χ2v) is 4.20. The lowest BCUT2D eigenvalue weighted by Gasteiger charge is -2.13. The summed E-state index contributed by atoms with van der Waals surface area (Å²) in [6, 6.07) is -0.345. The fraction of sp³-hybridized carbons (Fsp3) is 0.500. The van der Waals surface area contributed by atoms with E-state index >= 15 is 0 Å². The molecule has 74 valence electrons. The lowest BCUT2D eigenvalue weighted by atomic mass is 10.2. The predicted molar refractivity (Wildman–Crippen MR) is 46.8 cm³/mol. The summed E-state index contributed by atoms with van der Waals surface area (Å²) in [5, 5.41) is 0. The fourth-order valence-corrected chi connectivity index (χ4v) is 1.99.